The van der Waals surface area contributed by atoms with Crippen LogP contribution in [0.4, 0.5) is 5.82 Å². The van der Waals surface area contributed by atoms with Crippen LogP contribution in [0.15, 0.2) is 97.1 Å². The minimum absolute atomic E-state index is 0.818. The molecule has 0 atom stereocenters. The molecule has 0 aliphatic carbocycles. The SMILES string of the molecule is C=C(CCC)CN(C)c1cc(-c2ccccc2)c2cc(/C=C/c3ccccc3)ccc2n1. The van der Waals surface area contributed by atoms with Gasteiger partial charge in [0, 0.05) is 19.0 Å². The third kappa shape index (κ3) is 5.15. The lowest BCUT2D eigenvalue weighted by Crippen LogP contribution is -2.21. The summed E-state index contributed by atoms with van der Waals surface area (Å²) in [5.41, 5.74) is 7.00. The number of fused-ring (bicyclic) bond motifs is 1. The van der Waals surface area contributed by atoms with E-state index in [1.807, 2.05) is 6.07 Å². The highest BCUT2D eigenvalue weighted by Crippen LogP contribution is 2.32. The maximum atomic E-state index is 4.99. The van der Waals surface area contributed by atoms with Gasteiger partial charge in [0.15, 0.2) is 0 Å². The molecule has 2 nitrogen and oxygen atoms in total. The highest BCUT2D eigenvalue weighted by atomic mass is 15.2. The highest BCUT2D eigenvalue weighted by molar-refractivity contribution is 5.97. The van der Waals surface area contributed by atoms with Crippen LogP contribution in [0.25, 0.3) is 34.2 Å². The van der Waals surface area contributed by atoms with Gasteiger partial charge in [-0.15, -0.1) is 0 Å². The molecule has 0 aliphatic rings. The molecule has 0 amide bonds. The summed E-state index contributed by atoms with van der Waals surface area (Å²) in [4.78, 5) is 7.20. The first-order valence-corrected chi connectivity index (χ1v) is 11.2. The zero-order valence-corrected chi connectivity index (χ0v) is 19.0. The normalized spacial score (nSPS) is 11.2. The van der Waals surface area contributed by atoms with E-state index in [1.54, 1.807) is 0 Å². The number of likely N-dealkylation sites (N-methyl/N-ethyl adjacent to an activating group) is 1. The molecule has 1 aromatic heterocycles. The molecule has 2 heteroatoms. The van der Waals surface area contributed by atoms with Crippen LogP contribution in [0.1, 0.15) is 30.9 Å². The van der Waals surface area contributed by atoms with E-state index in [1.165, 1.54) is 22.3 Å². The summed E-state index contributed by atoms with van der Waals surface area (Å²) in [6.45, 7) is 7.24. The fourth-order valence-corrected chi connectivity index (χ4v) is 3.99. The predicted octanol–water partition coefficient (Wildman–Crippen LogP) is 7.86. The molecule has 0 aliphatic heterocycles. The van der Waals surface area contributed by atoms with Crippen LogP contribution >= 0.6 is 0 Å². The van der Waals surface area contributed by atoms with Crippen molar-refractivity contribution in [1.82, 2.24) is 4.98 Å². The second-order valence-electron chi connectivity index (χ2n) is 8.27. The Hall–Kier alpha value is -3.65. The van der Waals surface area contributed by atoms with Gasteiger partial charge in [-0.3, -0.25) is 0 Å². The summed E-state index contributed by atoms with van der Waals surface area (Å²) in [6.07, 6.45) is 6.48. The maximum Gasteiger partial charge on any atom is 0.129 e. The minimum Gasteiger partial charge on any atom is -0.356 e. The van der Waals surface area contributed by atoms with E-state index in [0.717, 1.165) is 41.7 Å². The van der Waals surface area contributed by atoms with Crippen molar-refractivity contribution in [2.75, 3.05) is 18.5 Å². The van der Waals surface area contributed by atoms with Gasteiger partial charge in [0.05, 0.1) is 5.52 Å². The van der Waals surface area contributed by atoms with E-state index in [-0.39, 0.29) is 0 Å². The van der Waals surface area contributed by atoms with Gasteiger partial charge in [0.25, 0.3) is 0 Å². The number of aromatic nitrogens is 1. The summed E-state index contributed by atoms with van der Waals surface area (Å²) in [6, 6.07) is 29.7. The van der Waals surface area contributed by atoms with Crippen LogP contribution in [-0.2, 0) is 0 Å². The lowest BCUT2D eigenvalue weighted by atomic mass is 9.99. The standard InChI is InChI=1S/C30H30N2/c1-4-11-23(2)22-32(3)30-21-27(26-14-9-6-10-15-26)28-20-25(18-19-29(28)31-30)17-16-24-12-7-5-8-13-24/h5-10,12-21H,2,4,11,22H2,1,3H3/b17-16+. The maximum absolute atomic E-state index is 4.99. The number of pyridine rings is 1. The van der Waals surface area contributed by atoms with Crippen molar-refractivity contribution in [3.8, 4) is 11.1 Å². The molecule has 0 spiro atoms. The molecule has 0 saturated carbocycles. The van der Waals surface area contributed by atoms with E-state index in [2.05, 4.69) is 116 Å². The van der Waals surface area contributed by atoms with E-state index in [9.17, 15) is 0 Å². The van der Waals surface area contributed by atoms with Crippen molar-refractivity contribution in [1.29, 1.82) is 0 Å². The van der Waals surface area contributed by atoms with Crippen LogP contribution < -0.4 is 4.90 Å². The molecular weight excluding hydrogens is 388 g/mol. The quantitative estimate of drug-likeness (QED) is 0.214. The third-order valence-corrected chi connectivity index (χ3v) is 5.63. The first kappa shape index (κ1) is 21.6. The zero-order chi connectivity index (χ0) is 22.3. The van der Waals surface area contributed by atoms with Crippen LogP contribution in [0.2, 0.25) is 0 Å². The molecule has 0 radical (unpaired) electrons. The largest absolute Gasteiger partial charge is 0.356 e. The molecule has 1 heterocycles. The van der Waals surface area contributed by atoms with Gasteiger partial charge in [0.2, 0.25) is 0 Å². The van der Waals surface area contributed by atoms with Gasteiger partial charge in [-0.25, -0.2) is 4.98 Å². The Labute approximate surface area is 191 Å². The number of hydrogen-bond donors (Lipinski definition) is 0. The van der Waals surface area contributed by atoms with Gasteiger partial charge in [-0.2, -0.15) is 0 Å². The molecule has 32 heavy (non-hydrogen) atoms. The number of nitrogens with zero attached hydrogens (tertiary/aromatic N) is 2. The molecule has 4 rings (SSSR count). The zero-order valence-electron chi connectivity index (χ0n) is 19.0. The second-order valence-corrected chi connectivity index (χ2v) is 8.27. The Kier molecular flexibility index (Phi) is 6.81. The Morgan fingerprint density at radius 2 is 1.56 bits per heavy atom. The predicted molar refractivity (Wildman–Crippen MR) is 140 cm³/mol. The van der Waals surface area contributed by atoms with Crippen molar-refractivity contribution >= 4 is 28.9 Å². The Morgan fingerprint density at radius 1 is 0.875 bits per heavy atom. The van der Waals surface area contributed by atoms with Crippen molar-refractivity contribution in [2.45, 2.75) is 19.8 Å². The van der Waals surface area contributed by atoms with E-state index in [4.69, 9.17) is 4.98 Å². The van der Waals surface area contributed by atoms with Crippen molar-refractivity contribution in [3.63, 3.8) is 0 Å². The van der Waals surface area contributed by atoms with Crippen molar-refractivity contribution in [2.24, 2.45) is 0 Å². The van der Waals surface area contributed by atoms with E-state index in [0.29, 0.717) is 0 Å². The van der Waals surface area contributed by atoms with Crippen LogP contribution in [-0.4, -0.2) is 18.6 Å². The molecule has 4 aromatic rings. The van der Waals surface area contributed by atoms with Gasteiger partial charge < -0.3 is 4.90 Å². The van der Waals surface area contributed by atoms with Crippen LogP contribution in [0, 0.1) is 0 Å². The molecule has 0 fully saturated rings. The molecule has 0 unspecified atom stereocenters. The first-order valence-electron chi connectivity index (χ1n) is 11.2. The van der Waals surface area contributed by atoms with Crippen LogP contribution in [0.3, 0.4) is 0 Å². The minimum atomic E-state index is 0.818. The summed E-state index contributed by atoms with van der Waals surface area (Å²) in [5, 5.41) is 1.16. The molecule has 0 saturated heterocycles. The van der Waals surface area contributed by atoms with Gasteiger partial charge >= 0.3 is 0 Å². The number of rotatable bonds is 8. The monoisotopic (exact) mass is 418 g/mol. The Balaban J connectivity index is 1.76. The highest BCUT2D eigenvalue weighted by Gasteiger charge is 2.12. The van der Waals surface area contributed by atoms with E-state index < -0.39 is 0 Å². The van der Waals surface area contributed by atoms with Crippen molar-refractivity contribution < 1.29 is 0 Å². The second kappa shape index (κ2) is 10.1. The molecule has 160 valence electrons. The lowest BCUT2D eigenvalue weighted by Gasteiger charge is -2.21. The first-order chi connectivity index (χ1) is 15.6. The van der Waals surface area contributed by atoms with E-state index >= 15 is 0 Å². The molecule has 3 aromatic carbocycles. The summed E-state index contributed by atoms with van der Waals surface area (Å²) in [5.74, 6) is 0.973. The smallest absolute Gasteiger partial charge is 0.129 e. The average molecular weight is 419 g/mol. The number of benzene rings is 3. The lowest BCUT2D eigenvalue weighted by molar-refractivity contribution is 0.845. The Morgan fingerprint density at radius 3 is 2.28 bits per heavy atom. The summed E-state index contributed by atoms with van der Waals surface area (Å²) in [7, 11) is 2.10. The van der Waals surface area contributed by atoms with Crippen LogP contribution in [0.5, 0.6) is 0 Å². The summed E-state index contributed by atoms with van der Waals surface area (Å²) < 4.78 is 0. The number of anilines is 1. The Bertz CT molecular complexity index is 1220. The fraction of sp³-hybridized carbons (Fsp3) is 0.167. The molecule has 0 bridgehead atoms. The fourth-order valence-electron chi connectivity index (χ4n) is 3.99. The number of hydrogen-bond acceptors (Lipinski definition) is 2. The van der Waals surface area contributed by atoms with Gasteiger partial charge in [0.1, 0.15) is 5.82 Å². The van der Waals surface area contributed by atoms with Gasteiger partial charge in [-0.1, -0.05) is 104 Å². The third-order valence-electron chi connectivity index (χ3n) is 5.63. The average Bonchev–Trinajstić information content (AvgIpc) is 2.83. The molecule has 0 N–H and O–H groups in total. The summed E-state index contributed by atoms with van der Waals surface area (Å²) >= 11 is 0. The van der Waals surface area contributed by atoms with Crippen molar-refractivity contribution in [3.05, 3.63) is 108 Å². The van der Waals surface area contributed by atoms with Gasteiger partial charge in [-0.05, 0) is 46.9 Å². The topological polar surface area (TPSA) is 16.1 Å². The molecular formula is C30H30N2.